The highest BCUT2D eigenvalue weighted by Gasteiger charge is 2.42. The van der Waals surface area contributed by atoms with E-state index in [9.17, 15) is 58.8 Å². The van der Waals surface area contributed by atoms with Gasteiger partial charge < -0.3 is 71.4 Å². The van der Waals surface area contributed by atoms with Gasteiger partial charge in [0.05, 0.1) is 30.5 Å². The molecule has 416 valence electrons. The summed E-state index contributed by atoms with van der Waals surface area (Å²) in [5.41, 5.74) is -1.15. The van der Waals surface area contributed by atoms with Gasteiger partial charge in [0.1, 0.15) is 54.6 Å². The van der Waals surface area contributed by atoms with Crippen LogP contribution in [0.2, 0.25) is 0 Å². The Balaban J connectivity index is 2.31. The summed E-state index contributed by atoms with van der Waals surface area (Å²) in [6.45, 7) is 11.4. The smallest absolute Gasteiger partial charge is 0.332 e. The minimum Gasteiger partial charge on any atom is -0.492 e. The third-order valence-electron chi connectivity index (χ3n) is 13.4. The maximum Gasteiger partial charge on any atom is 0.332 e. The van der Waals surface area contributed by atoms with Crippen molar-refractivity contribution in [3.63, 3.8) is 0 Å². The van der Waals surface area contributed by atoms with Crippen LogP contribution in [0.5, 0.6) is 0 Å². The molecule has 3 rings (SSSR count). The Morgan fingerprint density at radius 3 is 2.07 bits per heavy atom. The highest BCUT2D eigenvalue weighted by Crippen LogP contribution is 2.28. The number of carbonyl (C=O) groups is 9. The minimum atomic E-state index is -2.00. The number of cyclic esters (lactones) is 1. The molecule has 1 fully saturated rings. The number of nitrogens with zero attached hydrogens (tertiary/aromatic N) is 1. The molecule has 0 aromatic heterocycles. The van der Waals surface area contributed by atoms with Crippen LogP contribution in [-0.2, 0) is 63.8 Å². The zero-order valence-corrected chi connectivity index (χ0v) is 44.6. The molecule has 0 unspecified atom stereocenters. The fraction of sp³-hybridized carbons (Fsp3) is 0.596. The fourth-order valence-corrected chi connectivity index (χ4v) is 8.04. The Labute approximate surface area is 437 Å². The van der Waals surface area contributed by atoms with E-state index in [0.29, 0.717) is 11.1 Å². The Bertz CT molecular complexity index is 2290. The second-order valence-electron chi connectivity index (χ2n) is 19.4. The SMILES string of the molecule is CC[C@H](C)[C@H]1NC(=O)[C@@H](NC(=O)[C@H](C)[C@H](O)C(C)C)[C@@H](C)OC(=O)[C@H](COC(C)=O)NC(=O)[C@@H]([C@@H](C)O)NC(=O)[C@H](Cc2ccccc2)N(C)C(=O)[C@H](C2=CC=C(O[C@H](C)[C@](O)(/C=C/C(=O)NC)CO)CC2)NC1=O. The lowest BCUT2D eigenvalue weighted by Crippen LogP contribution is -2.62. The monoisotopic (exact) mass is 1060 g/mol. The second-order valence-corrected chi connectivity index (χ2v) is 19.4. The first kappa shape index (κ1) is 62.6. The fourth-order valence-electron chi connectivity index (χ4n) is 8.04. The van der Waals surface area contributed by atoms with E-state index in [0.717, 1.165) is 24.0 Å². The van der Waals surface area contributed by atoms with Crippen LogP contribution < -0.4 is 31.9 Å². The lowest BCUT2D eigenvalue weighted by atomic mass is 9.92. The molecule has 0 spiro atoms. The molecule has 75 heavy (non-hydrogen) atoms. The van der Waals surface area contributed by atoms with E-state index in [1.807, 2.05) is 0 Å². The Hall–Kier alpha value is -6.69. The molecule has 23 heteroatoms. The van der Waals surface area contributed by atoms with Gasteiger partial charge in [0, 0.05) is 39.9 Å². The first-order chi connectivity index (χ1) is 35.2. The van der Waals surface area contributed by atoms with Crippen LogP contribution in [0.3, 0.4) is 0 Å². The van der Waals surface area contributed by atoms with Crippen molar-refractivity contribution >= 4 is 53.3 Å². The lowest BCUT2D eigenvalue weighted by molar-refractivity contribution is -0.160. The number of aliphatic hydroxyl groups excluding tert-OH is 3. The summed E-state index contributed by atoms with van der Waals surface area (Å²) in [5.74, 6) is -10.3. The number of carbonyl (C=O) groups excluding carboxylic acids is 9. The van der Waals surface area contributed by atoms with E-state index in [2.05, 4.69) is 31.9 Å². The lowest BCUT2D eigenvalue weighted by Gasteiger charge is -2.35. The van der Waals surface area contributed by atoms with E-state index in [1.165, 1.54) is 53.9 Å². The number of amides is 7. The van der Waals surface area contributed by atoms with Gasteiger partial charge in [0.2, 0.25) is 41.4 Å². The zero-order chi connectivity index (χ0) is 56.5. The van der Waals surface area contributed by atoms with Gasteiger partial charge in [-0.1, -0.05) is 77.4 Å². The summed E-state index contributed by atoms with van der Waals surface area (Å²) in [6.07, 6.45) is -0.200. The number of rotatable bonds is 18. The van der Waals surface area contributed by atoms with Gasteiger partial charge in [-0.15, -0.1) is 0 Å². The number of hydrogen-bond donors (Lipinski definition) is 10. The van der Waals surface area contributed by atoms with E-state index >= 15 is 4.79 Å². The van der Waals surface area contributed by atoms with Gasteiger partial charge >= 0.3 is 11.9 Å². The normalized spacial score (nSPS) is 25.6. The number of nitrogens with one attached hydrogen (secondary N) is 6. The average Bonchev–Trinajstić information content (AvgIpc) is 3.38. The summed E-state index contributed by atoms with van der Waals surface area (Å²) in [7, 11) is 2.69. The quantitative estimate of drug-likeness (QED) is 0.0629. The van der Waals surface area contributed by atoms with Crippen LogP contribution in [0.4, 0.5) is 0 Å². The van der Waals surface area contributed by atoms with E-state index < -0.39 is 151 Å². The number of aliphatic hydroxyl groups is 4. The molecule has 1 aliphatic carbocycles. The van der Waals surface area contributed by atoms with Crippen LogP contribution in [-0.4, -0.2) is 172 Å². The molecule has 1 aromatic carbocycles. The van der Waals surface area contributed by atoms with Gasteiger partial charge in [0.15, 0.2) is 6.04 Å². The number of allylic oxidation sites excluding steroid dienone is 3. The number of ether oxygens (including phenoxy) is 3. The number of benzene rings is 1. The molecule has 23 nitrogen and oxygen atoms in total. The molecule has 0 radical (unpaired) electrons. The molecule has 2 aliphatic rings. The number of hydrogen-bond acceptors (Lipinski definition) is 16. The van der Waals surface area contributed by atoms with Crippen LogP contribution in [0, 0.1) is 17.8 Å². The molecule has 10 N–H and O–H groups in total. The van der Waals surface area contributed by atoms with Crippen molar-refractivity contribution in [1.82, 2.24) is 36.8 Å². The van der Waals surface area contributed by atoms with Gasteiger partial charge in [-0.3, -0.25) is 38.4 Å². The third-order valence-corrected chi connectivity index (χ3v) is 13.4. The summed E-state index contributed by atoms with van der Waals surface area (Å²) >= 11 is 0. The molecule has 13 atom stereocenters. The first-order valence-electron chi connectivity index (χ1n) is 25.0. The second kappa shape index (κ2) is 28.8. The van der Waals surface area contributed by atoms with Gasteiger partial charge in [-0.25, -0.2) is 4.79 Å². The van der Waals surface area contributed by atoms with Crippen molar-refractivity contribution in [2.24, 2.45) is 17.8 Å². The summed E-state index contributed by atoms with van der Waals surface area (Å²) in [5, 5.41) is 58.2. The van der Waals surface area contributed by atoms with Gasteiger partial charge in [-0.2, -0.15) is 0 Å². The first-order valence-corrected chi connectivity index (χ1v) is 25.0. The standard InChI is InChI=1S/C52H77N7O16/c1-12-28(4)40-47(67)58-43(35-18-20-36(21-19-35)75-32(8)52(72,26-60)23-22-39(63)53-10)50(70)59(11)38(24-34-16-14-13-15-17-34)46(66)56-41(30(6)61)48(68)54-37(25-73-33(9)62)51(71)74-31(7)42(49(69)55-40)57-45(65)29(5)44(64)27(2)3/h13-18,20,22-23,27-32,37-38,40-44,60-61,64,72H,12,19,21,24-26H2,1-11H3,(H,53,63)(H,54,68)(H,55,69)(H,56,66)(H,57,65)(H,58,67)/b23-22+/t28-,29+,30+,31+,32+,37-,38-,40+,41+,42-,43-,44+,52-/m0/s1. The number of esters is 2. The Kier molecular flexibility index (Phi) is 24.1. The van der Waals surface area contributed by atoms with Crippen molar-refractivity contribution in [1.29, 1.82) is 0 Å². The summed E-state index contributed by atoms with van der Waals surface area (Å²) in [4.78, 5) is 126. The van der Waals surface area contributed by atoms with Crippen LogP contribution in [0.1, 0.15) is 87.1 Å². The molecule has 1 aromatic rings. The summed E-state index contributed by atoms with van der Waals surface area (Å²) < 4.78 is 16.8. The predicted octanol–water partition coefficient (Wildman–Crippen LogP) is -0.897. The summed E-state index contributed by atoms with van der Waals surface area (Å²) in [6, 6.07) is -1.38. The maximum absolute atomic E-state index is 15.2. The van der Waals surface area contributed by atoms with Crippen LogP contribution >= 0.6 is 0 Å². The van der Waals surface area contributed by atoms with E-state index in [4.69, 9.17) is 14.2 Å². The minimum absolute atomic E-state index is 0.0286. The van der Waals surface area contributed by atoms with Gasteiger partial charge in [0.25, 0.3) is 0 Å². The third kappa shape index (κ3) is 17.7. The molecule has 1 heterocycles. The largest absolute Gasteiger partial charge is 0.492 e. The topological polar surface area (TPSA) is 338 Å². The van der Waals surface area contributed by atoms with Crippen LogP contribution in [0.25, 0.3) is 0 Å². The maximum atomic E-state index is 15.2. The zero-order valence-electron chi connectivity index (χ0n) is 44.6. The van der Waals surface area contributed by atoms with E-state index in [1.54, 1.807) is 58.0 Å². The van der Waals surface area contributed by atoms with Crippen molar-refractivity contribution in [3.8, 4) is 0 Å². The molecular formula is C52H77N7O16. The van der Waals surface area contributed by atoms with Crippen molar-refractivity contribution in [2.45, 2.75) is 154 Å². The highest BCUT2D eigenvalue weighted by atomic mass is 16.6. The number of likely N-dealkylation sites (N-methyl/N-ethyl adjacent to an activating group) is 2. The highest BCUT2D eigenvalue weighted by molar-refractivity contribution is 5.99. The molecule has 0 saturated carbocycles. The molecule has 1 aliphatic heterocycles. The Morgan fingerprint density at radius 1 is 0.893 bits per heavy atom. The van der Waals surface area contributed by atoms with Crippen molar-refractivity contribution in [3.05, 3.63) is 71.5 Å². The Morgan fingerprint density at radius 2 is 1.52 bits per heavy atom. The average molecular weight is 1060 g/mol. The molecule has 7 amide bonds. The van der Waals surface area contributed by atoms with Gasteiger partial charge in [-0.05, 0) is 62.3 Å². The molecular weight excluding hydrogens is 979 g/mol. The van der Waals surface area contributed by atoms with Crippen LogP contribution in [0.15, 0.2) is 66.0 Å². The van der Waals surface area contributed by atoms with Crippen molar-refractivity contribution in [2.75, 3.05) is 27.3 Å². The molecule has 0 bridgehead atoms. The predicted molar refractivity (Wildman–Crippen MR) is 271 cm³/mol. The molecule has 1 saturated heterocycles. The van der Waals surface area contributed by atoms with E-state index in [-0.39, 0.29) is 31.4 Å². The van der Waals surface area contributed by atoms with Crippen molar-refractivity contribution < 1.29 is 77.8 Å².